The number of nitrogens with zero attached hydrogens (tertiary/aromatic N) is 1. The maximum absolute atomic E-state index is 11.8. The van der Waals surface area contributed by atoms with E-state index in [0.717, 1.165) is 0 Å². The fourth-order valence-corrected chi connectivity index (χ4v) is 1.74. The van der Waals surface area contributed by atoms with Crippen molar-refractivity contribution in [2.24, 2.45) is 0 Å². The number of ketones is 1. The normalized spacial score (nSPS) is 9.90. The van der Waals surface area contributed by atoms with Crippen molar-refractivity contribution in [2.45, 2.75) is 6.42 Å². The van der Waals surface area contributed by atoms with Gasteiger partial charge in [-0.15, -0.1) is 0 Å². The first-order valence-electron chi connectivity index (χ1n) is 6.19. The van der Waals surface area contributed by atoms with E-state index in [-0.39, 0.29) is 17.9 Å². The van der Waals surface area contributed by atoms with E-state index in [9.17, 15) is 19.7 Å². The number of hydrogen-bond acceptors (Lipinski definition) is 4. The van der Waals surface area contributed by atoms with Gasteiger partial charge in [0.1, 0.15) is 0 Å². The van der Waals surface area contributed by atoms with Crippen molar-refractivity contribution in [3.05, 3.63) is 70.3 Å². The van der Waals surface area contributed by atoms with Gasteiger partial charge < -0.3 is 5.32 Å². The number of rotatable bonds is 5. The number of Topliss-reactive ketones (excluding diaryl/α,β-unsaturated/α-hetero) is 1. The summed E-state index contributed by atoms with van der Waals surface area (Å²) in [5, 5.41) is 13.0. The summed E-state index contributed by atoms with van der Waals surface area (Å²) >= 11 is 0. The fraction of sp³-hybridized carbons (Fsp3) is 0.0667. The number of carbonyl (C=O) groups is 2. The highest BCUT2D eigenvalue weighted by molar-refractivity contribution is 6.10. The molecule has 0 fully saturated rings. The molecule has 6 heteroatoms. The lowest BCUT2D eigenvalue weighted by atomic mass is 10.1. The third kappa shape index (κ3) is 3.97. The van der Waals surface area contributed by atoms with Crippen LogP contribution in [0.3, 0.4) is 0 Å². The first kappa shape index (κ1) is 14.4. The quantitative estimate of drug-likeness (QED) is 0.395. The van der Waals surface area contributed by atoms with E-state index in [0.29, 0.717) is 11.3 Å². The van der Waals surface area contributed by atoms with Gasteiger partial charge in [0.25, 0.3) is 5.69 Å². The maximum Gasteiger partial charge on any atom is 0.269 e. The van der Waals surface area contributed by atoms with Gasteiger partial charge in [-0.05, 0) is 12.1 Å². The van der Waals surface area contributed by atoms with Crippen LogP contribution in [0.25, 0.3) is 0 Å². The lowest BCUT2D eigenvalue weighted by Gasteiger charge is -2.04. The smallest absolute Gasteiger partial charge is 0.269 e. The maximum atomic E-state index is 11.8. The van der Waals surface area contributed by atoms with Crippen LogP contribution >= 0.6 is 0 Å². The van der Waals surface area contributed by atoms with Crippen LogP contribution in [0.4, 0.5) is 11.4 Å². The summed E-state index contributed by atoms with van der Waals surface area (Å²) in [7, 11) is 0. The second kappa shape index (κ2) is 6.42. The van der Waals surface area contributed by atoms with Crippen LogP contribution in [0.5, 0.6) is 0 Å². The summed E-state index contributed by atoms with van der Waals surface area (Å²) in [4.78, 5) is 33.6. The zero-order valence-corrected chi connectivity index (χ0v) is 11.0. The number of anilines is 1. The molecule has 0 saturated carbocycles. The van der Waals surface area contributed by atoms with Crippen LogP contribution in [0.15, 0.2) is 54.6 Å². The molecular formula is C15H12N2O4. The minimum Gasteiger partial charge on any atom is -0.326 e. The Hall–Kier alpha value is -3.02. The monoisotopic (exact) mass is 284 g/mol. The van der Waals surface area contributed by atoms with Gasteiger partial charge in [-0.25, -0.2) is 0 Å². The third-order valence-corrected chi connectivity index (χ3v) is 2.78. The molecule has 0 aromatic heterocycles. The van der Waals surface area contributed by atoms with E-state index >= 15 is 0 Å². The molecule has 2 rings (SSSR count). The van der Waals surface area contributed by atoms with Gasteiger partial charge in [-0.1, -0.05) is 30.3 Å². The zero-order valence-electron chi connectivity index (χ0n) is 11.0. The second-order valence-corrected chi connectivity index (χ2v) is 4.32. The molecule has 106 valence electrons. The summed E-state index contributed by atoms with van der Waals surface area (Å²) in [6.07, 6.45) is -0.277. The van der Waals surface area contributed by atoms with Gasteiger partial charge in [0, 0.05) is 23.4 Å². The van der Waals surface area contributed by atoms with Crippen LogP contribution < -0.4 is 5.32 Å². The summed E-state index contributed by atoms with van der Waals surface area (Å²) in [6.45, 7) is 0. The molecule has 0 aliphatic carbocycles. The number of hydrogen-bond donors (Lipinski definition) is 1. The van der Waals surface area contributed by atoms with E-state index in [2.05, 4.69) is 5.32 Å². The molecule has 0 atom stereocenters. The van der Waals surface area contributed by atoms with Gasteiger partial charge in [0.05, 0.1) is 11.3 Å². The first-order chi connectivity index (χ1) is 10.1. The predicted molar refractivity (Wildman–Crippen MR) is 77.1 cm³/mol. The van der Waals surface area contributed by atoms with Crippen molar-refractivity contribution in [2.75, 3.05) is 5.32 Å². The van der Waals surface area contributed by atoms with Crippen LogP contribution in [0, 0.1) is 10.1 Å². The lowest BCUT2D eigenvalue weighted by molar-refractivity contribution is -0.384. The van der Waals surface area contributed by atoms with Crippen molar-refractivity contribution < 1.29 is 14.5 Å². The number of nitrogens with one attached hydrogen (secondary N) is 1. The van der Waals surface area contributed by atoms with E-state index in [4.69, 9.17) is 0 Å². The van der Waals surface area contributed by atoms with Crippen LogP contribution in [0.2, 0.25) is 0 Å². The minimum absolute atomic E-state index is 0.0617. The SMILES string of the molecule is O=C(CC(=O)c1ccccc1)Nc1ccc([N+](=O)[O-])cc1. The number of nitro benzene ring substituents is 1. The van der Waals surface area contributed by atoms with Gasteiger partial charge in [-0.2, -0.15) is 0 Å². The first-order valence-corrected chi connectivity index (χ1v) is 6.19. The van der Waals surface area contributed by atoms with Gasteiger partial charge in [0.15, 0.2) is 5.78 Å². The van der Waals surface area contributed by atoms with E-state index in [1.807, 2.05) is 0 Å². The summed E-state index contributed by atoms with van der Waals surface area (Å²) < 4.78 is 0. The number of non-ortho nitro benzene ring substituents is 1. The molecule has 0 aliphatic rings. The average Bonchev–Trinajstić information content (AvgIpc) is 2.48. The molecule has 1 N–H and O–H groups in total. The molecule has 1 amide bonds. The molecule has 0 unspecified atom stereocenters. The highest BCUT2D eigenvalue weighted by atomic mass is 16.6. The van der Waals surface area contributed by atoms with E-state index in [1.54, 1.807) is 30.3 Å². The fourth-order valence-electron chi connectivity index (χ4n) is 1.74. The lowest BCUT2D eigenvalue weighted by Crippen LogP contribution is -2.16. The molecule has 0 radical (unpaired) electrons. The molecule has 6 nitrogen and oxygen atoms in total. The van der Waals surface area contributed by atoms with E-state index < -0.39 is 10.8 Å². The molecule has 2 aromatic carbocycles. The Balaban J connectivity index is 1.95. The van der Waals surface area contributed by atoms with Crippen LogP contribution in [-0.2, 0) is 4.79 Å². The Bertz CT molecular complexity index is 666. The van der Waals surface area contributed by atoms with Crippen molar-refractivity contribution >= 4 is 23.1 Å². The Labute approximate surface area is 120 Å². The van der Waals surface area contributed by atoms with Crippen molar-refractivity contribution in [3.8, 4) is 0 Å². The van der Waals surface area contributed by atoms with Crippen molar-refractivity contribution in [3.63, 3.8) is 0 Å². The topological polar surface area (TPSA) is 89.3 Å². The number of amides is 1. The number of nitro groups is 1. The second-order valence-electron chi connectivity index (χ2n) is 4.32. The average molecular weight is 284 g/mol. The zero-order chi connectivity index (χ0) is 15.2. The summed E-state index contributed by atoms with van der Waals surface area (Å²) in [5.41, 5.74) is 0.816. The Morgan fingerprint density at radius 3 is 2.19 bits per heavy atom. The predicted octanol–water partition coefficient (Wildman–Crippen LogP) is 2.81. The molecule has 0 aliphatic heterocycles. The van der Waals surface area contributed by atoms with Crippen molar-refractivity contribution in [1.82, 2.24) is 0 Å². The Morgan fingerprint density at radius 2 is 1.62 bits per heavy atom. The van der Waals surface area contributed by atoms with Gasteiger partial charge in [-0.3, -0.25) is 19.7 Å². The summed E-state index contributed by atoms with van der Waals surface area (Å²) in [5.74, 6) is -0.743. The largest absolute Gasteiger partial charge is 0.326 e. The number of carbonyl (C=O) groups excluding carboxylic acids is 2. The van der Waals surface area contributed by atoms with Crippen molar-refractivity contribution in [1.29, 1.82) is 0 Å². The van der Waals surface area contributed by atoms with Gasteiger partial charge in [0.2, 0.25) is 5.91 Å². The molecule has 0 saturated heterocycles. The molecule has 0 bridgehead atoms. The molecule has 0 heterocycles. The minimum atomic E-state index is -0.523. The molecule has 2 aromatic rings. The van der Waals surface area contributed by atoms with E-state index in [1.165, 1.54) is 24.3 Å². The highest BCUT2D eigenvalue weighted by Gasteiger charge is 2.12. The van der Waals surface area contributed by atoms with Crippen LogP contribution in [0.1, 0.15) is 16.8 Å². The standard InChI is InChI=1S/C15H12N2O4/c18-14(11-4-2-1-3-5-11)10-15(19)16-12-6-8-13(9-7-12)17(20)21/h1-9H,10H2,(H,16,19). The highest BCUT2D eigenvalue weighted by Crippen LogP contribution is 2.15. The molecule has 21 heavy (non-hydrogen) atoms. The molecular weight excluding hydrogens is 272 g/mol. The Morgan fingerprint density at radius 1 is 1.00 bits per heavy atom. The molecule has 0 spiro atoms. The van der Waals surface area contributed by atoms with Gasteiger partial charge >= 0.3 is 0 Å². The summed E-state index contributed by atoms with van der Waals surface area (Å²) in [6, 6.07) is 13.9. The van der Waals surface area contributed by atoms with Crippen LogP contribution in [-0.4, -0.2) is 16.6 Å². The number of benzene rings is 2. The third-order valence-electron chi connectivity index (χ3n) is 2.78. The Kier molecular flexibility index (Phi) is 4.40.